The number of amides is 2. The lowest BCUT2D eigenvalue weighted by atomic mass is 10.1. The maximum Gasteiger partial charge on any atom is 0.228 e. The largest absolute Gasteiger partial charge is 0.368 e. The molecule has 0 N–H and O–H groups in total. The Bertz CT molecular complexity index is 943. The zero-order chi connectivity index (χ0) is 20.5. The summed E-state index contributed by atoms with van der Waals surface area (Å²) in [5, 5.41) is -0.0302. The normalized spacial score (nSPS) is 19.8. The van der Waals surface area contributed by atoms with E-state index in [1.165, 1.54) is 34.3 Å². The average molecular weight is 416 g/mol. The molecule has 0 aliphatic carbocycles. The van der Waals surface area contributed by atoms with E-state index in [0.29, 0.717) is 25.3 Å². The van der Waals surface area contributed by atoms with Gasteiger partial charge < -0.3 is 14.7 Å². The minimum atomic E-state index is -0.527. The van der Waals surface area contributed by atoms with E-state index in [4.69, 9.17) is 11.6 Å². The monoisotopic (exact) mass is 415 g/mol. The van der Waals surface area contributed by atoms with Crippen molar-refractivity contribution in [1.82, 2.24) is 4.90 Å². The molecule has 2 aromatic rings. The van der Waals surface area contributed by atoms with Gasteiger partial charge in [0.05, 0.1) is 10.9 Å². The van der Waals surface area contributed by atoms with Crippen molar-refractivity contribution < 1.29 is 14.0 Å². The van der Waals surface area contributed by atoms with Crippen LogP contribution in [0, 0.1) is 18.7 Å². The Labute approximate surface area is 174 Å². The number of carbonyl (C=O) groups is 2. The molecule has 0 bridgehead atoms. The van der Waals surface area contributed by atoms with E-state index >= 15 is 0 Å². The Balaban J connectivity index is 1.39. The topological polar surface area (TPSA) is 43.9 Å². The highest BCUT2D eigenvalue weighted by atomic mass is 35.5. The summed E-state index contributed by atoms with van der Waals surface area (Å²) in [6.45, 7) is 5.22. The quantitative estimate of drug-likeness (QED) is 0.770. The Morgan fingerprint density at radius 1 is 1.10 bits per heavy atom. The number of carbonyl (C=O) groups excluding carboxylic acids is 2. The molecule has 7 heteroatoms. The van der Waals surface area contributed by atoms with Crippen molar-refractivity contribution in [2.24, 2.45) is 5.92 Å². The van der Waals surface area contributed by atoms with Crippen LogP contribution >= 0.6 is 11.6 Å². The first-order chi connectivity index (χ1) is 13.9. The Morgan fingerprint density at radius 2 is 1.83 bits per heavy atom. The number of aryl methyl sites for hydroxylation is 1. The molecule has 0 unspecified atom stereocenters. The fourth-order valence-corrected chi connectivity index (χ4v) is 4.29. The second kappa shape index (κ2) is 8.03. The van der Waals surface area contributed by atoms with Crippen molar-refractivity contribution in [3.63, 3.8) is 0 Å². The standard InChI is InChI=1S/C22H23ClFN3O2/c1-15-4-2-3-5-20(15)25-8-10-26(11-9-25)22(29)16-12-21(28)27(14-16)17-6-7-19(24)18(23)13-17/h2-7,13,16H,8-12,14H2,1H3/t16-/m0/s1. The van der Waals surface area contributed by atoms with Crippen LogP contribution in [0.15, 0.2) is 42.5 Å². The smallest absolute Gasteiger partial charge is 0.228 e. The molecule has 4 rings (SSSR count). The minimum Gasteiger partial charge on any atom is -0.368 e. The third kappa shape index (κ3) is 3.94. The summed E-state index contributed by atoms with van der Waals surface area (Å²) < 4.78 is 13.4. The van der Waals surface area contributed by atoms with Crippen molar-refractivity contribution in [1.29, 1.82) is 0 Å². The van der Waals surface area contributed by atoms with E-state index in [0.717, 1.165) is 13.1 Å². The van der Waals surface area contributed by atoms with Gasteiger partial charge in [-0.05, 0) is 36.8 Å². The molecule has 0 radical (unpaired) electrons. The number of halogens is 2. The van der Waals surface area contributed by atoms with Crippen molar-refractivity contribution in [3.05, 3.63) is 58.9 Å². The molecular formula is C22H23ClFN3O2. The van der Waals surface area contributed by atoms with Gasteiger partial charge >= 0.3 is 0 Å². The molecule has 2 saturated heterocycles. The van der Waals surface area contributed by atoms with Crippen LogP contribution in [0.2, 0.25) is 5.02 Å². The van der Waals surface area contributed by atoms with Crippen LogP contribution in [0.25, 0.3) is 0 Å². The van der Waals surface area contributed by atoms with Crippen LogP contribution in [-0.4, -0.2) is 49.4 Å². The second-order valence-corrected chi connectivity index (χ2v) is 8.01. The molecule has 2 aliphatic rings. The van der Waals surface area contributed by atoms with Gasteiger partial charge in [0.2, 0.25) is 11.8 Å². The Kier molecular flexibility index (Phi) is 5.46. The summed E-state index contributed by atoms with van der Waals surface area (Å²) in [6, 6.07) is 12.4. The lowest BCUT2D eigenvalue weighted by molar-refractivity contribution is -0.136. The molecule has 0 spiro atoms. The number of anilines is 2. The summed E-state index contributed by atoms with van der Waals surface area (Å²) >= 11 is 5.84. The lowest BCUT2D eigenvalue weighted by Gasteiger charge is -2.37. The van der Waals surface area contributed by atoms with E-state index in [2.05, 4.69) is 24.0 Å². The van der Waals surface area contributed by atoms with E-state index in [9.17, 15) is 14.0 Å². The number of nitrogens with zero attached hydrogens (tertiary/aromatic N) is 3. The summed E-state index contributed by atoms with van der Waals surface area (Å²) in [5.41, 5.74) is 2.96. The van der Waals surface area contributed by atoms with Crippen LogP contribution in [0.3, 0.4) is 0 Å². The molecule has 5 nitrogen and oxygen atoms in total. The Hall–Kier alpha value is -2.60. The van der Waals surface area contributed by atoms with Gasteiger partial charge in [0.15, 0.2) is 0 Å². The van der Waals surface area contributed by atoms with Crippen molar-refractivity contribution in [3.8, 4) is 0 Å². The number of para-hydroxylation sites is 1. The second-order valence-electron chi connectivity index (χ2n) is 7.60. The van der Waals surface area contributed by atoms with Crippen LogP contribution in [0.1, 0.15) is 12.0 Å². The van der Waals surface area contributed by atoms with Gasteiger partial charge in [0.1, 0.15) is 5.82 Å². The number of hydrogen-bond donors (Lipinski definition) is 0. The minimum absolute atomic E-state index is 0.0125. The van der Waals surface area contributed by atoms with E-state index in [1.54, 1.807) is 0 Å². The van der Waals surface area contributed by atoms with Gasteiger partial charge in [-0.1, -0.05) is 29.8 Å². The zero-order valence-corrected chi connectivity index (χ0v) is 17.0. The molecule has 2 fully saturated rings. The maximum absolute atomic E-state index is 13.4. The molecular weight excluding hydrogens is 393 g/mol. The summed E-state index contributed by atoms with van der Waals surface area (Å²) in [4.78, 5) is 31.1. The number of benzene rings is 2. The van der Waals surface area contributed by atoms with Gasteiger partial charge in [-0.2, -0.15) is 0 Å². The molecule has 0 aromatic heterocycles. The summed E-state index contributed by atoms with van der Waals surface area (Å²) in [6.07, 6.45) is 0.172. The van der Waals surface area contributed by atoms with Crippen molar-refractivity contribution in [2.75, 3.05) is 42.5 Å². The number of hydrogen-bond acceptors (Lipinski definition) is 3. The van der Waals surface area contributed by atoms with E-state index in [-0.39, 0.29) is 29.2 Å². The van der Waals surface area contributed by atoms with Gasteiger partial charge in [0.25, 0.3) is 0 Å². The molecule has 1 atom stereocenters. The first-order valence-corrected chi connectivity index (χ1v) is 10.2. The molecule has 2 aliphatic heterocycles. The van der Waals surface area contributed by atoms with Gasteiger partial charge in [-0.15, -0.1) is 0 Å². The SMILES string of the molecule is Cc1ccccc1N1CCN(C(=O)[C@H]2CC(=O)N(c3ccc(F)c(Cl)c3)C2)CC1. The molecule has 2 aromatic carbocycles. The van der Waals surface area contributed by atoms with Crippen LogP contribution in [0.4, 0.5) is 15.8 Å². The third-order valence-corrected chi connectivity index (χ3v) is 6.03. The summed E-state index contributed by atoms with van der Waals surface area (Å²) in [5.74, 6) is -1.03. The highest BCUT2D eigenvalue weighted by Crippen LogP contribution is 2.30. The highest BCUT2D eigenvalue weighted by molar-refractivity contribution is 6.31. The zero-order valence-electron chi connectivity index (χ0n) is 16.3. The third-order valence-electron chi connectivity index (χ3n) is 5.74. The molecule has 2 heterocycles. The Morgan fingerprint density at radius 3 is 2.52 bits per heavy atom. The molecule has 29 heavy (non-hydrogen) atoms. The van der Waals surface area contributed by atoms with E-state index < -0.39 is 5.82 Å². The van der Waals surface area contributed by atoms with E-state index in [1.807, 2.05) is 17.0 Å². The predicted molar refractivity (Wildman–Crippen MR) is 112 cm³/mol. The first-order valence-electron chi connectivity index (χ1n) is 9.79. The summed E-state index contributed by atoms with van der Waals surface area (Å²) in [7, 11) is 0. The van der Waals surface area contributed by atoms with Crippen LogP contribution in [0.5, 0.6) is 0 Å². The molecule has 2 amide bonds. The van der Waals surface area contributed by atoms with Gasteiger partial charge in [-0.3, -0.25) is 9.59 Å². The predicted octanol–water partition coefficient (Wildman–Crippen LogP) is 3.49. The maximum atomic E-state index is 13.4. The number of piperazine rings is 1. The number of rotatable bonds is 3. The first kappa shape index (κ1) is 19.7. The fraction of sp³-hybridized carbons (Fsp3) is 0.364. The lowest BCUT2D eigenvalue weighted by Crippen LogP contribution is -2.50. The molecule has 0 saturated carbocycles. The van der Waals surface area contributed by atoms with Crippen molar-refractivity contribution >= 4 is 34.8 Å². The fourth-order valence-electron chi connectivity index (χ4n) is 4.12. The van der Waals surface area contributed by atoms with Crippen LogP contribution < -0.4 is 9.80 Å². The van der Waals surface area contributed by atoms with Gasteiger partial charge in [0, 0.05) is 50.5 Å². The van der Waals surface area contributed by atoms with Crippen LogP contribution in [-0.2, 0) is 9.59 Å². The van der Waals surface area contributed by atoms with Gasteiger partial charge in [-0.25, -0.2) is 4.39 Å². The highest BCUT2D eigenvalue weighted by Gasteiger charge is 2.38. The average Bonchev–Trinajstić information content (AvgIpc) is 3.12. The molecule has 152 valence electrons. The van der Waals surface area contributed by atoms with Crippen molar-refractivity contribution in [2.45, 2.75) is 13.3 Å².